The smallest absolute Gasteiger partial charge is 0.256 e. The van der Waals surface area contributed by atoms with Gasteiger partial charge in [0.05, 0.1) is 19.8 Å². The summed E-state index contributed by atoms with van der Waals surface area (Å²) in [4.78, 5) is 15.2. The first kappa shape index (κ1) is 23.6. The van der Waals surface area contributed by atoms with Gasteiger partial charge in [-0.3, -0.25) is 9.69 Å². The second kappa shape index (κ2) is 12.2. The lowest BCUT2D eigenvalue weighted by molar-refractivity contribution is -0.141. The van der Waals surface area contributed by atoms with Crippen LogP contribution in [0.1, 0.15) is 47.0 Å². The predicted molar refractivity (Wildman–Crippen MR) is 117 cm³/mol. The standard InChI is InChI=1S/C23H38N2O4/c1-5-14-29-23(4,18-19(2)3)22(26)24-20-7-9-21(10-8-20)28-15-6-11-25-12-16-27-17-13-25/h7-10,19H,5-6,11-18H2,1-4H3,(H,24,26)/t23-/m0/s1. The van der Waals surface area contributed by atoms with Crippen LogP contribution in [0, 0.1) is 5.92 Å². The minimum absolute atomic E-state index is 0.0983. The molecule has 1 fully saturated rings. The highest BCUT2D eigenvalue weighted by Gasteiger charge is 2.34. The van der Waals surface area contributed by atoms with Crippen LogP contribution in [-0.2, 0) is 14.3 Å². The van der Waals surface area contributed by atoms with E-state index < -0.39 is 5.60 Å². The van der Waals surface area contributed by atoms with Gasteiger partial charge in [0.25, 0.3) is 5.91 Å². The summed E-state index contributed by atoms with van der Waals surface area (Å²) in [6.45, 7) is 14.1. The molecule has 0 saturated carbocycles. The first-order valence-electron chi connectivity index (χ1n) is 10.9. The number of carbonyl (C=O) groups excluding carboxylic acids is 1. The summed E-state index contributed by atoms with van der Waals surface area (Å²) in [5.74, 6) is 1.09. The highest BCUT2D eigenvalue weighted by molar-refractivity contribution is 5.97. The fraction of sp³-hybridized carbons (Fsp3) is 0.696. The summed E-state index contributed by atoms with van der Waals surface area (Å²) in [6, 6.07) is 7.56. The van der Waals surface area contributed by atoms with Gasteiger partial charge in [0.15, 0.2) is 0 Å². The second-order valence-electron chi connectivity index (χ2n) is 8.31. The quantitative estimate of drug-likeness (QED) is 0.533. The van der Waals surface area contributed by atoms with Crippen LogP contribution in [0.5, 0.6) is 5.75 Å². The summed E-state index contributed by atoms with van der Waals surface area (Å²) in [5, 5.41) is 3.00. The first-order chi connectivity index (χ1) is 13.9. The van der Waals surface area contributed by atoms with Crippen LogP contribution in [0.4, 0.5) is 5.69 Å². The van der Waals surface area contributed by atoms with Crippen molar-refractivity contribution in [2.75, 3.05) is 51.4 Å². The van der Waals surface area contributed by atoms with Gasteiger partial charge in [-0.15, -0.1) is 0 Å². The van der Waals surface area contributed by atoms with Crippen molar-refractivity contribution >= 4 is 11.6 Å². The Labute approximate surface area is 175 Å². The Morgan fingerprint density at radius 3 is 2.52 bits per heavy atom. The molecule has 0 spiro atoms. The van der Waals surface area contributed by atoms with Crippen molar-refractivity contribution in [2.45, 2.75) is 52.6 Å². The van der Waals surface area contributed by atoms with E-state index in [1.165, 1.54) is 0 Å². The minimum Gasteiger partial charge on any atom is -0.494 e. The van der Waals surface area contributed by atoms with Crippen molar-refractivity contribution in [3.8, 4) is 5.75 Å². The zero-order valence-electron chi connectivity index (χ0n) is 18.5. The molecule has 0 aromatic heterocycles. The molecule has 0 radical (unpaired) electrons. The number of nitrogens with zero attached hydrogens (tertiary/aromatic N) is 1. The van der Waals surface area contributed by atoms with Crippen LogP contribution >= 0.6 is 0 Å². The summed E-state index contributed by atoms with van der Waals surface area (Å²) < 4.78 is 17.1. The van der Waals surface area contributed by atoms with Gasteiger partial charge in [-0.1, -0.05) is 20.8 Å². The zero-order valence-corrected chi connectivity index (χ0v) is 18.5. The van der Waals surface area contributed by atoms with Crippen molar-refractivity contribution in [3.05, 3.63) is 24.3 Å². The normalized spacial score (nSPS) is 17.1. The Morgan fingerprint density at radius 1 is 1.21 bits per heavy atom. The van der Waals surface area contributed by atoms with E-state index in [1.54, 1.807) is 0 Å². The molecule has 1 aliphatic rings. The summed E-state index contributed by atoms with van der Waals surface area (Å²) >= 11 is 0. The number of anilines is 1. The lowest BCUT2D eigenvalue weighted by Crippen LogP contribution is -2.44. The maximum atomic E-state index is 12.8. The molecule has 6 heteroatoms. The van der Waals surface area contributed by atoms with Gasteiger partial charge >= 0.3 is 0 Å². The van der Waals surface area contributed by atoms with Gasteiger partial charge < -0.3 is 19.5 Å². The Bertz CT molecular complexity index is 599. The highest BCUT2D eigenvalue weighted by atomic mass is 16.5. The zero-order chi connectivity index (χ0) is 21.1. The molecule has 1 aliphatic heterocycles. The summed E-state index contributed by atoms with van der Waals surface area (Å²) in [7, 11) is 0. The third-order valence-corrected chi connectivity index (χ3v) is 5.01. The number of benzene rings is 1. The predicted octanol–water partition coefficient (Wildman–Crippen LogP) is 3.96. The van der Waals surface area contributed by atoms with Crippen LogP contribution in [0.2, 0.25) is 0 Å². The number of morpholine rings is 1. The number of hydrogen-bond acceptors (Lipinski definition) is 5. The molecular weight excluding hydrogens is 368 g/mol. The molecule has 164 valence electrons. The van der Waals surface area contributed by atoms with E-state index in [-0.39, 0.29) is 5.91 Å². The minimum atomic E-state index is -0.821. The number of hydrogen-bond donors (Lipinski definition) is 1. The molecule has 1 N–H and O–H groups in total. The molecule has 1 saturated heterocycles. The summed E-state index contributed by atoms with van der Waals surface area (Å²) in [6.07, 6.45) is 2.56. The third kappa shape index (κ3) is 8.33. The molecule has 29 heavy (non-hydrogen) atoms. The molecule has 0 aliphatic carbocycles. The first-order valence-corrected chi connectivity index (χ1v) is 10.9. The maximum absolute atomic E-state index is 12.8. The van der Waals surface area contributed by atoms with Gasteiger partial charge in [-0.05, 0) is 56.4 Å². The lowest BCUT2D eigenvalue weighted by Gasteiger charge is -2.30. The molecule has 0 unspecified atom stereocenters. The molecule has 0 bridgehead atoms. The van der Waals surface area contributed by atoms with Crippen molar-refractivity contribution in [2.24, 2.45) is 5.92 Å². The molecular formula is C23H38N2O4. The van der Waals surface area contributed by atoms with Gasteiger partial charge in [0, 0.05) is 31.9 Å². The van der Waals surface area contributed by atoms with E-state index in [0.29, 0.717) is 25.6 Å². The Morgan fingerprint density at radius 2 is 1.90 bits per heavy atom. The van der Waals surface area contributed by atoms with E-state index in [2.05, 4.69) is 24.1 Å². The maximum Gasteiger partial charge on any atom is 0.256 e. The third-order valence-electron chi connectivity index (χ3n) is 5.01. The van der Waals surface area contributed by atoms with Crippen LogP contribution in [0.3, 0.4) is 0 Å². The van der Waals surface area contributed by atoms with Gasteiger partial charge in [-0.25, -0.2) is 0 Å². The van der Waals surface area contributed by atoms with Gasteiger partial charge in [0.1, 0.15) is 11.4 Å². The SMILES string of the molecule is CCCO[C@@](C)(CC(C)C)C(=O)Nc1ccc(OCCCN2CCOCC2)cc1. The number of carbonyl (C=O) groups is 1. The largest absolute Gasteiger partial charge is 0.494 e. The van der Waals surface area contributed by atoms with E-state index in [4.69, 9.17) is 14.2 Å². The fourth-order valence-corrected chi connectivity index (χ4v) is 3.52. The fourth-order valence-electron chi connectivity index (χ4n) is 3.52. The number of amides is 1. The monoisotopic (exact) mass is 406 g/mol. The van der Waals surface area contributed by atoms with Crippen molar-refractivity contribution in [1.82, 2.24) is 4.90 Å². The van der Waals surface area contributed by atoms with E-state index in [1.807, 2.05) is 38.1 Å². The average Bonchev–Trinajstić information content (AvgIpc) is 2.71. The topological polar surface area (TPSA) is 60.0 Å². The van der Waals surface area contributed by atoms with E-state index >= 15 is 0 Å². The van der Waals surface area contributed by atoms with Gasteiger partial charge in [0.2, 0.25) is 0 Å². The molecule has 1 amide bonds. The number of nitrogens with one attached hydrogen (secondary N) is 1. The molecule has 1 heterocycles. The van der Waals surface area contributed by atoms with Crippen LogP contribution in [0.15, 0.2) is 24.3 Å². The average molecular weight is 407 g/mol. The van der Waals surface area contributed by atoms with Crippen molar-refractivity contribution in [3.63, 3.8) is 0 Å². The number of rotatable bonds is 12. The second-order valence-corrected chi connectivity index (χ2v) is 8.31. The summed E-state index contributed by atoms with van der Waals surface area (Å²) in [5.41, 5.74) is -0.0653. The lowest BCUT2D eigenvalue weighted by atomic mass is 9.93. The number of ether oxygens (including phenoxy) is 3. The molecule has 1 atom stereocenters. The highest BCUT2D eigenvalue weighted by Crippen LogP contribution is 2.24. The van der Waals surface area contributed by atoms with Crippen LogP contribution in [0.25, 0.3) is 0 Å². The molecule has 1 aromatic carbocycles. The van der Waals surface area contributed by atoms with Crippen molar-refractivity contribution < 1.29 is 19.0 Å². The molecule has 6 nitrogen and oxygen atoms in total. The Hall–Kier alpha value is -1.63. The van der Waals surface area contributed by atoms with Gasteiger partial charge in [-0.2, -0.15) is 0 Å². The van der Waals surface area contributed by atoms with Crippen LogP contribution < -0.4 is 10.1 Å². The molecule has 2 rings (SSSR count). The Balaban J connectivity index is 1.79. The van der Waals surface area contributed by atoms with E-state index in [9.17, 15) is 4.79 Å². The van der Waals surface area contributed by atoms with Crippen LogP contribution in [-0.4, -0.2) is 62.5 Å². The van der Waals surface area contributed by atoms with E-state index in [0.717, 1.165) is 57.1 Å². The van der Waals surface area contributed by atoms with Crippen molar-refractivity contribution in [1.29, 1.82) is 0 Å². The Kier molecular flexibility index (Phi) is 9.91. The molecule has 1 aromatic rings.